The minimum Gasteiger partial charge on any atom is -0.480 e. The number of hydrogen-bond donors (Lipinski definition) is 3. The van der Waals surface area contributed by atoms with Gasteiger partial charge in [0.25, 0.3) is 11.8 Å². The molecule has 7 nitrogen and oxygen atoms in total. The zero-order valence-electron chi connectivity index (χ0n) is 13.9. The minimum atomic E-state index is -1.24. The molecular weight excluding hydrogens is 356 g/mol. The Hall–Kier alpha value is -2.74. The zero-order chi connectivity index (χ0) is 18.6. The van der Waals surface area contributed by atoms with Crippen molar-refractivity contribution in [3.63, 3.8) is 0 Å². The highest BCUT2D eigenvalue weighted by molar-refractivity contribution is 7.99. The van der Waals surface area contributed by atoms with Crippen LogP contribution >= 0.6 is 11.8 Å². The van der Waals surface area contributed by atoms with Crippen molar-refractivity contribution >= 4 is 35.2 Å². The van der Waals surface area contributed by atoms with E-state index >= 15 is 0 Å². The van der Waals surface area contributed by atoms with Crippen molar-refractivity contribution in [2.45, 2.75) is 18.4 Å². The van der Waals surface area contributed by atoms with Gasteiger partial charge in [-0.05, 0) is 54.7 Å². The summed E-state index contributed by atoms with van der Waals surface area (Å²) in [4.78, 5) is 36.3. The van der Waals surface area contributed by atoms with Gasteiger partial charge >= 0.3 is 5.97 Å². The number of amides is 2. The largest absolute Gasteiger partial charge is 0.480 e. The molecule has 1 aromatic carbocycles. The first-order valence-electron chi connectivity index (χ1n) is 8.09. The Bertz CT molecular complexity index is 813. The van der Waals surface area contributed by atoms with Gasteiger partial charge in [0.15, 0.2) is 5.76 Å². The third-order valence-corrected chi connectivity index (χ3v) is 5.22. The molecule has 0 radical (unpaired) electrons. The van der Waals surface area contributed by atoms with Gasteiger partial charge in [0.05, 0.1) is 6.26 Å². The maximum absolute atomic E-state index is 12.6. The molecule has 0 saturated carbocycles. The monoisotopic (exact) mass is 374 g/mol. The number of benzene rings is 1. The minimum absolute atomic E-state index is 0.157. The summed E-state index contributed by atoms with van der Waals surface area (Å²) in [6, 6.07) is 9.48. The van der Waals surface area contributed by atoms with Gasteiger partial charge < -0.3 is 20.2 Å². The smallest absolute Gasteiger partial charge is 0.329 e. The lowest BCUT2D eigenvalue weighted by atomic mass is 9.92. The molecule has 136 valence electrons. The molecule has 3 N–H and O–H groups in total. The Morgan fingerprint density at radius 1 is 1.08 bits per heavy atom. The third kappa shape index (κ3) is 3.91. The number of carboxylic acid groups (broad SMARTS) is 1. The van der Waals surface area contributed by atoms with Crippen LogP contribution in [0.25, 0.3) is 0 Å². The average molecular weight is 374 g/mol. The topological polar surface area (TPSA) is 109 Å². The van der Waals surface area contributed by atoms with E-state index in [1.54, 1.807) is 36.0 Å². The zero-order valence-corrected chi connectivity index (χ0v) is 14.7. The van der Waals surface area contributed by atoms with Gasteiger partial charge in [-0.15, -0.1) is 0 Å². The predicted molar refractivity (Wildman–Crippen MR) is 97.5 cm³/mol. The average Bonchev–Trinajstić information content (AvgIpc) is 3.17. The second kappa shape index (κ2) is 7.65. The summed E-state index contributed by atoms with van der Waals surface area (Å²) >= 11 is 1.67. The second-order valence-corrected chi connectivity index (χ2v) is 7.19. The van der Waals surface area contributed by atoms with E-state index in [-0.39, 0.29) is 11.3 Å². The molecule has 2 aromatic rings. The van der Waals surface area contributed by atoms with E-state index < -0.39 is 23.3 Å². The summed E-state index contributed by atoms with van der Waals surface area (Å²) in [5.74, 6) is -0.400. The van der Waals surface area contributed by atoms with Gasteiger partial charge in [-0.25, -0.2) is 4.79 Å². The quantitative estimate of drug-likeness (QED) is 0.742. The lowest BCUT2D eigenvalue weighted by Crippen LogP contribution is -2.56. The number of anilines is 1. The lowest BCUT2D eigenvalue weighted by Gasteiger charge is -2.33. The van der Waals surface area contributed by atoms with Crippen molar-refractivity contribution in [1.82, 2.24) is 5.32 Å². The lowest BCUT2D eigenvalue weighted by molar-refractivity contribution is -0.144. The van der Waals surface area contributed by atoms with Gasteiger partial charge in [0.1, 0.15) is 5.54 Å². The van der Waals surface area contributed by atoms with Crippen LogP contribution in [0.1, 0.15) is 33.8 Å². The van der Waals surface area contributed by atoms with Crippen LogP contribution in [-0.4, -0.2) is 39.9 Å². The fraction of sp³-hybridized carbons (Fsp3) is 0.278. The summed E-state index contributed by atoms with van der Waals surface area (Å²) < 4.78 is 5.03. The molecule has 2 amide bonds. The van der Waals surface area contributed by atoms with Crippen molar-refractivity contribution < 1.29 is 23.9 Å². The van der Waals surface area contributed by atoms with Gasteiger partial charge in [-0.3, -0.25) is 9.59 Å². The number of furan rings is 1. The maximum atomic E-state index is 12.6. The fourth-order valence-corrected chi connectivity index (χ4v) is 3.93. The first-order chi connectivity index (χ1) is 12.5. The predicted octanol–water partition coefficient (Wildman–Crippen LogP) is 2.61. The number of carbonyl (C=O) groups excluding carboxylic acids is 2. The van der Waals surface area contributed by atoms with Crippen molar-refractivity contribution in [3.05, 3.63) is 54.0 Å². The number of rotatable bonds is 5. The number of carboxylic acids is 1. The SMILES string of the molecule is O=C(NC1(C(=O)O)CCSCC1)c1cccc(NC(=O)c2ccco2)c1. The molecule has 1 aliphatic rings. The number of aliphatic carboxylic acids is 1. The van der Waals surface area contributed by atoms with E-state index in [4.69, 9.17) is 4.42 Å². The summed E-state index contributed by atoms with van der Waals surface area (Å²) in [6.45, 7) is 0. The highest BCUT2D eigenvalue weighted by Crippen LogP contribution is 2.28. The van der Waals surface area contributed by atoms with Crippen LogP contribution in [0.2, 0.25) is 0 Å². The molecule has 1 aromatic heterocycles. The number of nitrogens with one attached hydrogen (secondary N) is 2. The number of hydrogen-bond acceptors (Lipinski definition) is 5. The van der Waals surface area contributed by atoms with E-state index in [1.165, 1.54) is 18.4 Å². The van der Waals surface area contributed by atoms with Gasteiger partial charge in [0, 0.05) is 11.3 Å². The Kier molecular flexibility index (Phi) is 5.32. The van der Waals surface area contributed by atoms with E-state index in [0.717, 1.165) is 0 Å². The molecule has 0 spiro atoms. The van der Waals surface area contributed by atoms with Crippen LogP contribution in [0.5, 0.6) is 0 Å². The Balaban J connectivity index is 1.73. The molecule has 8 heteroatoms. The molecule has 1 fully saturated rings. The molecule has 1 aliphatic heterocycles. The summed E-state index contributed by atoms with van der Waals surface area (Å²) in [5.41, 5.74) is -0.542. The van der Waals surface area contributed by atoms with Crippen molar-refractivity contribution in [1.29, 1.82) is 0 Å². The fourth-order valence-electron chi connectivity index (χ4n) is 2.74. The van der Waals surface area contributed by atoms with Crippen molar-refractivity contribution in [2.75, 3.05) is 16.8 Å². The van der Waals surface area contributed by atoms with Crippen LogP contribution in [-0.2, 0) is 4.79 Å². The molecule has 0 aliphatic carbocycles. The first kappa shape index (κ1) is 18.1. The summed E-state index contributed by atoms with van der Waals surface area (Å²) in [5, 5.41) is 14.9. The van der Waals surface area contributed by atoms with Gasteiger partial charge in [0.2, 0.25) is 0 Å². The highest BCUT2D eigenvalue weighted by atomic mass is 32.2. The summed E-state index contributed by atoms with van der Waals surface area (Å²) in [6.07, 6.45) is 2.16. The molecular formula is C18H18N2O5S. The molecule has 1 saturated heterocycles. The second-order valence-electron chi connectivity index (χ2n) is 5.97. The van der Waals surface area contributed by atoms with Crippen LogP contribution in [0.15, 0.2) is 47.1 Å². The number of carbonyl (C=O) groups is 3. The summed E-state index contributed by atoms with van der Waals surface area (Å²) in [7, 11) is 0. The van der Waals surface area contributed by atoms with Crippen molar-refractivity contribution in [3.8, 4) is 0 Å². The normalized spacial score (nSPS) is 15.8. The molecule has 26 heavy (non-hydrogen) atoms. The van der Waals surface area contributed by atoms with E-state index in [2.05, 4.69) is 10.6 Å². The van der Waals surface area contributed by atoms with Gasteiger partial charge in [-0.2, -0.15) is 11.8 Å². The molecule has 3 rings (SSSR count). The first-order valence-corrected chi connectivity index (χ1v) is 9.24. The standard InChI is InChI=1S/C18H18N2O5S/c21-15(20-18(17(23)24)6-9-26-10-7-18)12-3-1-4-13(11-12)19-16(22)14-5-2-8-25-14/h1-5,8,11H,6-7,9-10H2,(H,19,22)(H,20,21)(H,23,24). The molecule has 0 unspecified atom stereocenters. The highest BCUT2D eigenvalue weighted by Gasteiger charge is 2.41. The molecule has 2 heterocycles. The van der Waals surface area contributed by atoms with Crippen LogP contribution < -0.4 is 10.6 Å². The Morgan fingerprint density at radius 2 is 1.85 bits per heavy atom. The van der Waals surface area contributed by atoms with E-state index in [1.807, 2.05) is 0 Å². The van der Waals surface area contributed by atoms with Gasteiger partial charge in [-0.1, -0.05) is 6.07 Å². The maximum Gasteiger partial charge on any atom is 0.329 e. The number of thioether (sulfide) groups is 1. The van der Waals surface area contributed by atoms with Crippen LogP contribution in [0.3, 0.4) is 0 Å². The van der Waals surface area contributed by atoms with E-state index in [9.17, 15) is 19.5 Å². The molecule has 0 bridgehead atoms. The Labute approximate surface area is 154 Å². The van der Waals surface area contributed by atoms with Crippen LogP contribution in [0, 0.1) is 0 Å². The Morgan fingerprint density at radius 3 is 2.50 bits per heavy atom. The van der Waals surface area contributed by atoms with Crippen LogP contribution in [0.4, 0.5) is 5.69 Å². The van der Waals surface area contributed by atoms with Crippen molar-refractivity contribution in [2.24, 2.45) is 0 Å². The third-order valence-electron chi connectivity index (χ3n) is 4.24. The molecule has 0 atom stereocenters. The van der Waals surface area contributed by atoms with E-state index in [0.29, 0.717) is 30.0 Å².